The number of anilines is 1. The molecule has 1 aliphatic carbocycles. The standard InChI is InChI=1S/C38H41N3/c1-7-40-32-18-12-10-16-30(32)37(3,4)34(40)24-22-28-20-21-29(36(28)39-26-14-9-15-27-39)23-25-35-38(5,6)31-17-11-13-19-33(31)41(35)8-2/h9-27H,7-8H2,1-6H3/q+2. The lowest BCUT2D eigenvalue weighted by Gasteiger charge is -2.25. The van der Waals surface area contributed by atoms with Crippen LogP contribution in [-0.2, 0) is 10.8 Å². The van der Waals surface area contributed by atoms with Gasteiger partial charge in [0.1, 0.15) is 6.54 Å². The first-order valence-corrected chi connectivity index (χ1v) is 14.9. The van der Waals surface area contributed by atoms with Crippen LogP contribution in [-0.4, -0.2) is 23.4 Å². The summed E-state index contributed by atoms with van der Waals surface area (Å²) in [5.41, 5.74) is 11.6. The second kappa shape index (κ2) is 10.3. The predicted molar refractivity (Wildman–Crippen MR) is 172 cm³/mol. The van der Waals surface area contributed by atoms with Crippen LogP contribution in [0.4, 0.5) is 11.4 Å². The van der Waals surface area contributed by atoms with E-state index in [9.17, 15) is 0 Å². The molecule has 0 N–H and O–H groups in total. The first-order valence-electron chi connectivity index (χ1n) is 14.9. The minimum Gasteiger partial charge on any atom is -0.344 e. The lowest BCUT2D eigenvalue weighted by atomic mass is 9.81. The molecule has 0 fully saturated rings. The van der Waals surface area contributed by atoms with Gasteiger partial charge >= 0.3 is 0 Å². The summed E-state index contributed by atoms with van der Waals surface area (Å²) in [7, 11) is 0. The van der Waals surface area contributed by atoms with Crippen LogP contribution < -0.4 is 9.47 Å². The van der Waals surface area contributed by atoms with Gasteiger partial charge < -0.3 is 4.90 Å². The molecule has 0 amide bonds. The first kappa shape index (κ1) is 27.0. The number of pyridine rings is 1. The fourth-order valence-electron chi connectivity index (χ4n) is 6.92. The Hall–Kier alpha value is -4.24. The van der Waals surface area contributed by atoms with E-state index in [4.69, 9.17) is 0 Å². The Morgan fingerprint density at radius 2 is 1.44 bits per heavy atom. The third kappa shape index (κ3) is 4.35. The van der Waals surface area contributed by atoms with E-state index in [1.165, 1.54) is 50.8 Å². The van der Waals surface area contributed by atoms with Gasteiger partial charge in [-0.3, -0.25) is 0 Å². The van der Waals surface area contributed by atoms with E-state index in [1.54, 1.807) is 0 Å². The Kier molecular flexibility index (Phi) is 6.77. The summed E-state index contributed by atoms with van der Waals surface area (Å²) in [6.07, 6.45) is 18.1. The number of para-hydroxylation sites is 2. The molecule has 0 saturated carbocycles. The molecule has 41 heavy (non-hydrogen) atoms. The number of benzene rings is 2. The van der Waals surface area contributed by atoms with Crippen molar-refractivity contribution in [2.24, 2.45) is 0 Å². The third-order valence-corrected chi connectivity index (χ3v) is 9.04. The van der Waals surface area contributed by atoms with Crippen molar-refractivity contribution < 1.29 is 9.14 Å². The molecule has 6 rings (SSSR count). The van der Waals surface area contributed by atoms with Gasteiger partial charge in [-0.1, -0.05) is 56.3 Å². The van der Waals surface area contributed by atoms with Gasteiger partial charge in [-0.05, 0) is 69.7 Å². The zero-order chi connectivity index (χ0) is 28.8. The average Bonchev–Trinajstić information content (AvgIpc) is 3.56. The fraction of sp³-hybridized carbons (Fsp3) is 0.263. The Labute approximate surface area is 245 Å². The minimum atomic E-state index is -0.0538. The molecule has 0 bridgehead atoms. The van der Waals surface area contributed by atoms with Gasteiger partial charge in [-0.25, -0.2) is 0 Å². The number of fused-ring (bicyclic) bond motifs is 2. The highest BCUT2D eigenvalue weighted by Crippen LogP contribution is 2.47. The van der Waals surface area contributed by atoms with Gasteiger partial charge in [0.15, 0.2) is 18.1 Å². The zero-order valence-electron chi connectivity index (χ0n) is 25.2. The summed E-state index contributed by atoms with van der Waals surface area (Å²) in [6.45, 7) is 15.7. The van der Waals surface area contributed by atoms with E-state index in [0.29, 0.717) is 0 Å². The Balaban J connectivity index is 1.43. The van der Waals surface area contributed by atoms with Crippen LogP contribution in [0.5, 0.6) is 0 Å². The monoisotopic (exact) mass is 539 g/mol. The zero-order valence-corrected chi connectivity index (χ0v) is 25.2. The van der Waals surface area contributed by atoms with E-state index >= 15 is 0 Å². The Bertz CT molecular complexity index is 1690. The van der Waals surface area contributed by atoms with Gasteiger partial charge in [-0.2, -0.15) is 9.14 Å². The van der Waals surface area contributed by atoms with Crippen molar-refractivity contribution >= 4 is 22.8 Å². The smallest absolute Gasteiger partial charge is 0.225 e. The van der Waals surface area contributed by atoms with Gasteiger partial charge in [0.25, 0.3) is 0 Å². The van der Waals surface area contributed by atoms with Gasteiger partial charge in [0.05, 0.1) is 5.41 Å². The van der Waals surface area contributed by atoms with Crippen molar-refractivity contribution in [2.75, 3.05) is 18.0 Å². The number of aromatic nitrogens is 1. The van der Waals surface area contributed by atoms with E-state index < -0.39 is 0 Å². The van der Waals surface area contributed by atoms with Crippen LogP contribution in [0.25, 0.3) is 5.70 Å². The van der Waals surface area contributed by atoms with Crippen molar-refractivity contribution in [3.8, 4) is 0 Å². The number of allylic oxidation sites excluding steroid dienone is 10. The number of hydrogen-bond acceptors (Lipinski definition) is 1. The Morgan fingerprint density at radius 3 is 2.17 bits per heavy atom. The van der Waals surface area contributed by atoms with E-state index in [1.807, 2.05) is 0 Å². The molecular weight excluding hydrogens is 498 g/mol. The molecule has 0 unspecified atom stereocenters. The summed E-state index contributed by atoms with van der Waals surface area (Å²) in [5.74, 6) is 0. The first-order chi connectivity index (χ1) is 19.8. The highest BCUT2D eigenvalue weighted by atomic mass is 15.2. The molecule has 3 heteroatoms. The van der Waals surface area contributed by atoms with Crippen LogP contribution in [0.1, 0.15) is 52.7 Å². The van der Waals surface area contributed by atoms with Crippen molar-refractivity contribution in [1.82, 2.24) is 0 Å². The molecule has 2 aliphatic heterocycles. The van der Waals surface area contributed by atoms with E-state index in [2.05, 4.69) is 171 Å². The van der Waals surface area contributed by atoms with Crippen LogP contribution in [0.2, 0.25) is 0 Å². The van der Waals surface area contributed by atoms with Crippen LogP contribution in [0.3, 0.4) is 0 Å². The second-order valence-electron chi connectivity index (χ2n) is 12.1. The summed E-state index contributed by atoms with van der Waals surface area (Å²) in [5, 5.41) is 0. The average molecular weight is 540 g/mol. The lowest BCUT2D eigenvalue weighted by molar-refractivity contribution is -0.579. The summed E-state index contributed by atoms with van der Waals surface area (Å²) in [6, 6.07) is 23.9. The molecule has 0 atom stereocenters. The van der Waals surface area contributed by atoms with E-state index in [0.717, 1.165) is 13.1 Å². The van der Waals surface area contributed by atoms with Crippen LogP contribution >= 0.6 is 0 Å². The van der Waals surface area contributed by atoms with Crippen molar-refractivity contribution in [1.29, 1.82) is 0 Å². The highest BCUT2D eigenvalue weighted by Gasteiger charge is 2.43. The predicted octanol–water partition coefficient (Wildman–Crippen LogP) is 8.04. The molecule has 2 aromatic carbocycles. The number of likely N-dealkylation sites (N-methyl/N-ethyl adjacent to an activating group) is 1. The van der Waals surface area contributed by atoms with Gasteiger partial charge in [-0.15, -0.1) is 0 Å². The molecule has 0 spiro atoms. The van der Waals surface area contributed by atoms with Gasteiger partial charge in [0.2, 0.25) is 11.4 Å². The molecule has 1 aromatic heterocycles. The van der Waals surface area contributed by atoms with Gasteiger partial charge in [0, 0.05) is 64.3 Å². The maximum Gasteiger partial charge on any atom is 0.225 e. The fourth-order valence-corrected chi connectivity index (χ4v) is 6.92. The third-order valence-electron chi connectivity index (χ3n) is 9.04. The second-order valence-corrected chi connectivity index (χ2v) is 12.1. The molecule has 3 nitrogen and oxygen atoms in total. The number of hydrogen-bond donors (Lipinski definition) is 0. The normalized spacial score (nSPS) is 20.7. The quantitative estimate of drug-likeness (QED) is 0.288. The lowest BCUT2D eigenvalue weighted by Crippen LogP contribution is -2.32. The van der Waals surface area contributed by atoms with Crippen molar-refractivity contribution in [2.45, 2.75) is 52.4 Å². The molecule has 206 valence electrons. The van der Waals surface area contributed by atoms with Crippen molar-refractivity contribution in [3.05, 3.63) is 144 Å². The Morgan fingerprint density at radius 1 is 0.732 bits per heavy atom. The van der Waals surface area contributed by atoms with Crippen LogP contribution in [0, 0.1) is 0 Å². The molecule has 0 radical (unpaired) electrons. The maximum absolute atomic E-state index is 2.46. The van der Waals surface area contributed by atoms with Crippen LogP contribution in [0.15, 0.2) is 132 Å². The highest BCUT2D eigenvalue weighted by molar-refractivity contribution is 6.03. The molecular formula is C38H41N3+2. The van der Waals surface area contributed by atoms with Crippen molar-refractivity contribution in [3.63, 3.8) is 0 Å². The molecule has 3 aromatic rings. The SMILES string of the molecule is CCN1/C(=C/C=C2\C=CC(/C=C/C3=[N+](CC)c4ccccc4C3(C)C)=C2[n+]2ccccc2)C(C)(C)c2ccccc21. The summed E-state index contributed by atoms with van der Waals surface area (Å²) >= 11 is 0. The number of nitrogens with zero attached hydrogens (tertiary/aromatic N) is 3. The molecule has 3 aliphatic rings. The largest absolute Gasteiger partial charge is 0.344 e. The summed E-state index contributed by atoms with van der Waals surface area (Å²) in [4.78, 5) is 2.46. The maximum atomic E-state index is 2.46. The molecule has 3 heterocycles. The minimum absolute atomic E-state index is 0.0538. The van der Waals surface area contributed by atoms with E-state index in [-0.39, 0.29) is 10.8 Å². The summed E-state index contributed by atoms with van der Waals surface area (Å²) < 4.78 is 4.70. The number of rotatable bonds is 6. The molecule has 0 saturated heterocycles. The topological polar surface area (TPSA) is 10.1 Å².